The van der Waals surface area contributed by atoms with Crippen molar-refractivity contribution < 1.29 is 19.8 Å². The molecule has 6 heteroatoms. The number of carboxylic acids is 1. The number of rotatable bonds is 7. The van der Waals surface area contributed by atoms with E-state index in [9.17, 15) is 14.7 Å². The molecule has 0 aliphatic rings. The van der Waals surface area contributed by atoms with Gasteiger partial charge in [-0.3, -0.25) is 14.6 Å². The third kappa shape index (κ3) is 4.40. The molecule has 0 aliphatic carbocycles. The largest absolute Gasteiger partial charge is 0.506 e. The van der Waals surface area contributed by atoms with Crippen LogP contribution in [0, 0.1) is 6.92 Å². The minimum absolute atomic E-state index is 0.0436. The number of aliphatic carboxylic acids is 1. The fourth-order valence-corrected chi connectivity index (χ4v) is 1.63. The topological polar surface area (TPSA) is 99.5 Å². The van der Waals surface area contributed by atoms with E-state index in [2.05, 4.69) is 10.3 Å². The molecule has 3 N–H and O–H groups in total. The van der Waals surface area contributed by atoms with E-state index >= 15 is 0 Å². The Morgan fingerprint density at radius 2 is 2.28 bits per heavy atom. The first-order chi connectivity index (χ1) is 8.52. The summed E-state index contributed by atoms with van der Waals surface area (Å²) in [6.45, 7) is 1.79. The zero-order chi connectivity index (χ0) is 13.5. The van der Waals surface area contributed by atoms with Crippen LogP contribution in [-0.4, -0.2) is 33.6 Å². The Morgan fingerprint density at radius 1 is 1.56 bits per heavy atom. The third-order valence-electron chi connectivity index (χ3n) is 2.54. The van der Waals surface area contributed by atoms with Gasteiger partial charge in [-0.1, -0.05) is 0 Å². The fourth-order valence-electron chi connectivity index (χ4n) is 1.63. The van der Waals surface area contributed by atoms with Gasteiger partial charge in [-0.2, -0.15) is 0 Å². The van der Waals surface area contributed by atoms with Crippen LogP contribution in [0.25, 0.3) is 0 Å². The zero-order valence-electron chi connectivity index (χ0n) is 10.1. The Morgan fingerprint density at radius 3 is 2.89 bits per heavy atom. The summed E-state index contributed by atoms with van der Waals surface area (Å²) in [5, 5.41) is 20.8. The maximum Gasteiger partial charge on any atom is 0.303 e. The predicted octanol–water partition coefficient (Wildman–Crippen LogP) is 0.618. The fraction of sp³-hybridized carbons (Fsp3) is 0.417. The lowest BCUT2D eigenvalue weighted by molar-refractivity contribution is -0.137. The first kappa shape index (κ1) is 14.0. The molecular weight excluding hydrogens is 236 g/mol. The second kappa shape index (κ2) is 6.58. The van der Waals surface area contributed by atoms with E-state index in [-0.39, 0.29) is 18.2 Å². The highest BCUT2D eigenvalue weighted by Gasteiger charge is 2.14. The Hall–Kier alpha value is -2.11. The molecule has 0 fully saturated rings. The minimum Gasteiger partial charge on any atom is -0.506 e. The monoisotopic (exact) mass is 252 g/mol. The summed E-state index contributed by atoms with van der Waals surface area (Å²) in [5.74, 6) is -0.872. The number of carbonyl (C=O) groups is 2. The van der Waals surface area contributed by atoms with Gasteiger partial charge in [0, 0.05) is 24.6 Å². The van der Waals surface area contributed by atoms with Gasteiger partial charge >= 0.3 is 5.97 Å². The van der Waals surface area contributed by atoms with Gasteiger partial charge in [-0.15, -0.1) is 0 Å². The molecule has 98 valence electrons. The number of nitrogens with one attached hydrogen (secondary N) is 1. The lowest BCUT2D eigenvalue weighted by Crippen LogP contribution is -2.31. The van der Waals surface area contributed by atoms with Crippen LogP contribution in [0.3, 0.4) is 0 Å². The molecule has 1 aromatic rings. The molecule has 0 aliphatic heterocycles. The number of aryl methyl sites for hydroxylation is 1. The average Bonchev–Trinajstić information content (AvgIpc) is 2.31. The second-order valence-electron chi connectivity index (χ2n) is 4.04. The van der Waals surface area contributed by atoms with Crippen LogP contribution in [0.1, 0.15) is 24.2 Å². The van der Waals surface area contributed by atoms with E-state index in [1.807, 2.05) is 0 Å². The van der Waals surface area contributed by atoms with Gasteiger partial charge in [0.05, 0.1) is 5.69 Å². The van der Waals surface area contributed by atoms with Crippen molar-refractivity contribution in [2.75, 3.05) is 0 Å². The van der Waals surface area contributed by atoms with E-state index in [1.54, 1.807) is 13.0 Å². The molecule has 1 rings (SSSR count). The molecule has 1 unspecified atom stereocenters. The van der Waals surface area contributed by atoms with Crippen molar-refractivity contribution in [3.8, 4) is 5.75 Å². The lowest BCUT2D eigenvalue weighted by atomic mass is 10.0. The van der Waals surface area contributed by atoms with Gasteiger partial charge < -0.3 is 15.5 Å². The highest BCUT2D eigenvalue weighted by Crippen LogP contribution is 2.17. The van der Waals surface area contributed by atoms with E-state index in [0.717, 1.165) is 5.69 Å². The van der Waals surface area contributed by atoms with Crippen LogP contribution in [-0.2, 0) is 16.0 Å². The van der Waals surface area contributed by atoms with E-state index < -0.39 is 5.97 Å². The summed E-state index contributed by atoms with van der Waals surface area (Å²) >= 11 is 0. The van der Waals surface area contributed by atoms with Crippen molar-refractivity contribution in [3.05, 3.63) is 23.5 Å². The Balaban J connectivity index is 2.72. The average molecular weight is 252 g/mol. The van der Waals surface area contributed by atoms with Crippen LogP contribution >= 0.6 is 0 Å². The van der Waals surface area contributed by atoms with E-state index in [1.165, 1.54) is 6.07 Å². The van der Waals surface area contributed by atoms with E-state index in [0.29, 0.717) is 24.9 Å². The third-order valence-corrected chi connectivity index (χ3v) is 2.54. The molecule has 1 aromatic heterocycles. The smallest absolute Gasteiger partial charge is 0.303 e. The molecule has 0 saturated carbocycles. The number of hydrogen-bond acceptors (Lipinski definition) is 4. The Bertz CT molecular complexity index is 434. The molecule has 1 atom stereocenters. The van der Waals surface area contributed by atoms with E-state index in [4.69, 9.17) is 5.11 Å². The number of nitrogens with zero attached hydrogens (tertiary/aromatic N) is 1. The lowest BCUT2D eigenvalue weighted by Gasteiger charge is -2.15. The molecule has 1 heterocycles. The number of aromatic nitrogens is 1. The highest BCUT2D eigenvalue weighted by atomic mass is 16.4. The van der Waals surface area contributed by atoms with Gasteiger partial charge in [0.2, 0.25) is 6.41 Å². The summed E-state index contributed by atoms with van der Waals surface area (Å²) in [4.78, 5) is 25.1. The van der Waals surface area contributed by atoms with Crippen LogP contribution < -0.4 is 5.32 Å². The molecule has 18 heavy (non-hydrogen) atoms. The molecule has 0 bridgehead atoms. The molecule has 0 saturated heterocycles. The normalized spacial score (nSPS) is 11.8. The summed E-state index contributed by atoms with van der Waals surface area (Å²) in [5.41, 5.74) is 1.21. The molecule has 1 amide bonds. The van der Waals surface area contributed by atoms with Crippen LogP contribution in [0.15, 0.2) is 12.1 Å². The van der Waals surface area contributed by atoms with Crippen molar-refractivity contribution in [1.29, 1.82) is 0 Å². The number of hydrogen-bond donors (Lipinski definition) is 3. The molecule has 0 radical (unpaired) electrons. The summed E-state index contributed by atoms with van der Waals surface area (Å²) < 4.78 is 0. The summed E-state index contributed by atoms with van der Waals surface area (Å²) in [6.07, 6.45) is 1.08. The summed E-state index contributed by atoms with van der Waals surface area (Å²) in [7, 11) is 0. The van der Waals surface area contributed by atoms with Crippen molar-refractivity contribution in [3.63, 3.8) is 0 Å². The first-order valence-corrected chi connectivity index (χ1v) is 5.60. The van der Waals surface area contributed by atoms with Crippen LogP contribution in [0.4, 0.5) is 0 Å². The van der Waals surface area contributed by atoms with Gasteiger partial charge in [-0.05, 0) is 25.5 Å². The van der Waals surface area contributed by atoms with Crippen molar-refractivity contribution in [2.24, 2.45) is 0 Å². The number of amides is 1. The standard InChI is InChI=1S/C12H16N2O4/c1-8-2-4-11(16)10(14-8)6-9(13-7-15)3-5-12(17)18/h2,4,7,9,16H,3,5-6H2,1H3,(H,13,15)(H,17,18). The Labute approximate surface area is 105 Å². The number of carboxylic acid groups (broad SMARTS) is 1. The number of aromatic hydroxyl groups is 1. The predicted molar refractivity (Wildman–Crippen MR) is 64.2 cm³/mol. The maximum absolute atomic E-state index is 10.5. The maximum atomic E-state index is 10.5. The second-order valence-corrected chi connectivity index (χ2v) is 4.04. The Kier molecular flexibility index (Phi) is 5.10. The van der Waals surface area contributed by atoms with Gasteiger partial charge in [0.15, 0.2) is 0 Å². The van der Waals surface area contributed by atoms with Crippen LogP contribution in [0.2, 0.25) is 0 Å². The van der Waals surface area contributed by atoms with Crippen molar-refractivity contribution in [2.45, 2.75) is 32.2 Å². The quantitative estimate of drug-likeness (QED) is 0.618. The zero-order valence-corrected chi connectivity index (χ0v) is 10.1. The SMILES string of the molecule is Cc1ccc(O)c(CC(CCC(=O)O)NC=O)n1. The van der Waals surface area contributed by atoms with Crippen LogP contribution in [0.5, 0.6) is 5.75 Å². The van der Waals surface area contributed by atoms with Gasteiger partial charge in [0.25, 0.3) is 0 Å². The molecule has 0 aromatic carbocycles. The highest BCUT2D eigenvalue weighted by molar-refractivity contribution is 5.66. The van der Waals surface area contributed by atoms with Gasteiger partial charge in [-0.25, -0.2) is 0 Å². The van der Waals surface area contributed by atoms with Crippen molar-refractivity contribution >= 4 is 12.4 Å². The molecule has 0 spiro atoms. The minimum atomic E-state index is -0.922. The number of carbonyl (C=O) groups excluding carboxylic acids is 1. The van der Waals surface area contributed by atoms with Crippen molar-refractivity contribution in [1.82, 2.24) is 10.3 Å². The molecule has 6 nitrogen and oxygen atoms in total. The first-order valence-electron chi connectivity index (χ1n) is 5.60. The molecular formula is C12H16N2O4. The van der Waals surface area contributed by atoms with Gasteiger partial charge in [0.1, 0.15) is 5.75 Å². The summed E-state index contributed by atoms with van der Waals surface area (Å²) in [6, 6.07) is 2.87. The number of pyridine rings is 1.